The van der Waals surface area contributed by atoms with Gasteiger partial charge in [-0.2, -0.15) is 9.40 Å². The molecule has 2 rings (SSSR count). The second-order valence-corrected chi connectivity index (χ2v) is 6.70. The summed E-state index contributed by atoms with van der Waals surface area (Å²) in [7, 11) is -2.05. The van der Waals surface area contributed by atoms with Crippen molar-refractivity contribution in [3.05, 3.63) is 41.2 Å². The predicted octanol–water partition coefficient (Wildman–Crippen LogP) is 1.43. The highest BCUT2D eigenvalue weighted by Crippen LogP contribution is 2.23. The summed E-state index contributed by atoms with van der Waals surface area (Å²) in [6, 6.07) is 7.22. The molecule has 7 heteroatoms. The molecule has 0 aliphatic heterocycles. The summed E-state index contributed by atoms with van der Waals surface area (Å²) >= 11 is 0. The highest BCUT2D eigenvalue weighted by atomic mass is 32.2. The SMILES string of the molecule is Cc1n[nH]c(C)c1S(=O)(=O)N(C)Cc1ccccc1N. The molecular weight excluding hydrogens is 276 g/mol. The third-order valence-corrected chi connectivity index (χ3v) is 5.24. The zero-order chi connectivity index (χ0) is 14.9. The Morgan fingerprint density at radius 2 is 1.95 bits per heavy atom. The van der Waals surface area contributed by atoms with Crippen LogP contribution in [0.15, 0.2) is 29.2 Å². The fourth-order valence-corrected chi connectivity index (χ4v) is 3.55. The van der Waals surface area contributed by atoms with E-state index in [9.17, 15) is 8.42 Å². The largest absolute Gasteiger partial charge is 0.398 e. The Morgan fingerprint density at radius 1 is 1.30 bits per heavy atom. The highest BCUT2D eigenvalue weighted by Gasteiger charge is 2.27. The van der Waals surface area contributed by atoms with E-state index < -0.39 is 10.0 Å². The Labute approximate surface area is 118 Å². The van der Waals surface area contributed by atoms with Crippen LogP contribution in [0.4, 0.5) is 5.69 Å². The standard InChI is InChI=1S/C13H18N4O2S/c1-9-13(10(2)16-15-9)20(18,19)17(3)8-11-6-4-5-7-12(11)14/h4-7H,8,14H2,1-3H3,(H,15,16). The van der Waals surface area contributed by atoms with Gasteiger partial charge in [0.25, 0.3) is 0 Å². The van der Waals surface area contributed by atoms with E-state index in [1.807, 2.05) is 18.2 Å². The Kier molecular flexibility index (Phi) is 3.82. The van der Waals surface area contributed by atoms with Gasteiger partial charge in [-0.05, 0) is 25.5 Å². The molecule has 0 unspecified atom stereocenters. The van der Waals surface area contributed by atoms with Gasteiger partial charge in [0.1, 0.15) is 4.90 Å². The summed E-state index contributed by atoms with van der Waals surface area (Å²) in [5, 5.41) is 6.63. The molecule has 20 heavy (non-hydrogen) atoms. The van der Waals surface area contributed by atoms with E-state index >= 15 is 0 Å². The molecule has 0 aliphatic carbocycles. The van der Waals surface area contributed by atoms with Gasteiger partial charge in [-0.1, -0.05) is 18.2 Å². The first kappa shape index (κ1) is 14.5. The molecule has 1 aromatic heterocycles. The fourth-order valence-electron chi connectivity index (χ4n) is 2.08. The number of benzene rings is 1. The van der Waals surface area contributed by atoms with E-state index in [4.69, 9.17) is 5.73 Å². The highest BCUT2D eigenvalue weighted by molar-refractivity contribution is 7.89. The lowest BCUT2D eigenvalue weighted by Gasteiger charge is -2.18. The molecule has 0 radical (unpaired) electrons. The molecule has 0 saturated carbocycles. The zero-order valence-corrected chi connectivity index (χ0v) is 12.5. The van der Waals surface area contributed by atoms with Gasteiger partial charge in [0.2, 0.25) is 10.0 Å². The third kappa shape index (κ3) is 2.54. The lowest BCUT2D eigenvalue weighted by atomic mass is 10.2. The van der Waals surface area contributed by atoms with Crippen LogP contribution in [-0.4, -0.2) is 30.0 Å². The van der Waals surface area contributed by atoms with Crippen molar-refractivity contribution in [1.82, 2.24) is 14.5 Å². The van der Waals surface area contributed by atoms with Crippen molar-refractivity contribution in [2.75, 3.05) is 12.8 Å². The fraction of sp³-hybridized carbons (Fsp3) is 0.308. The molecule has 0 spiro atoms. The predicted molar refractivity (Wildman–Crippen MR) is 77.6 cm³/mol. The van der Waals surface area contributed by atoms with E-state index in [-0.39, 0.29) is 11.4 Å². The quantitative estimate of drug-likeness (QED) is 0.834. The van der Waals surface area contributed by atoms with E-state index in [1.54, 1.807) is 19.9 Å². The monoisotopic (exact) mass is 294 g/mol. The molecule has 1 aromatic carbocycles. The zero-order valence-electron chi connectivity index (χ0n) is 11.7. The second kappa shape index (κ2) is 5.26. The number of nitrogen functional groups attached to an aromatic ring is 1. The minimum absolute atomic E-state index is 0.221. The number of anilines is 1. The van der Waals surface area contributed by atoms with E-state index in [0.717, 1.165) is 5.56 Å². The number of sulfonamides is 1. The lowest BCUT2D eigenvalue weighted by molar-refractivity contribution is 0.466. The first-order valence-corrected chi connectivity index (χ1v) is 7.59. The van der Waals surface area contributed by atoms with Gasteiger partial charge < -0.3 is 5.73 Å². The number of nitrogens with two attached hydrogens (primary N) is 1. The number of rotatable bonds is 4. The van der Waals surface area contributed by atoms with Crippen molar-refractivity contribution in [3.63, 3.8) is 0 Å². The number of para-hydroxylation sites is 1. The van der Waals surface area contributed by atoms with Crippen molar-refractivity contribution in [2.45, 2.75) is 25.3 Å². The van der Waals surface area contributed by atoms with Crippen LogP contribution in [0.25, 0.3) is 0 Å². The minimum Gasteiger partial charge on any atom is -0.398 e. The lowest BCUT2D eigenvalue weighted by Crippen LogP contribution is -2.27. The van der Waals surface area contributed by atoms with Crippen molar-refractivity contribution in [2.24, 2.45) is 0 Å². The van der Waals surface area contributed by atoms with Gasteiger partial charge in [-0.25, -0.2) is 8.42 Å². The number of aromatic amines is 1. The third-order valence-electron chi connectivity index (χ3n) is 3.18. The Morgan fingerprint density at radius 3 is 2.50 bits per heavy atom. The number of H-pyrrole nitrogens is 1. The average Bonchev–Trinajstić information content (AvgIpc) is 2.72. The van der Waals surface area contributed by atoms with Crippen molar-refractivity contribution >= 4 is 15.7 Å². The summed E-state index contributed by atoms with van der Waals surface area (Å²) in [5.74, 6) is 0. The summed E-state index contributed by atoms with van der Waals surface area (Å²) in [4.78, 5) is 0.231. The van der Waals surface area contributed by atoms with Crippen molar-refractivity contribution in [1.29, 1.82) is 0 Å². The summed E-state index contributed by atoms with van der Waals surface area (Å²) in [6.07, 6.45) is 0. The number of hydrogen-bond donors (Lipinski definition) is 2. The van der Waals surface area contributed by atoms with Crippen LogP contribution in [0.5, 0.6) is 0 Å². The molecule has 1 heterocycles. The van der Waals surface area contributed by atoms with Gasteiger partial charge in [-0.15, -0.1) is 0 Å². The topological polar surface area (TPSA) is 92.1 Å². The van der Waals surface area contributed by atoms with Crippen LogP contribution in [0, 0.1) is 13.8 Å². The Bertz CT molecular complexity index is 702. The van der Waals surface area contributed by atoms with Gasteiger partial charge in [0.05, 0.1) is 11.4 Å². The molecule has 0 saturated heterocycles. The number of nitrogens with one attached hydrogen (secondary N) is 1. The summed E-state index contributed by atoms with van der Waals surface area (Å²) in [5.41, 5.74) is 8.21. The molecule has 6 nitrogen and oxygen atoms in total. The molecule has 0 fully saturated rings. The number of aromatic nitrogens is 2. The number of nitrogens with zero attached hydrogens (tertiary/aromatic N) is 2. The van der Waals surface area contributed by atoms with Gasteiger partial charge in [0.15, 0.2) is 0 Å². The molecule has 0 bridgehead atoms. The molecular formula is C13H18N4O2S. The second-order valence-electron chi connectivity index (χ2n) is 4.72. The van der Waals surface area contributed by atoms with Crippen LogP contribution < -0.4 is 5.73 Å². The molecule has 3 N–H and O–H groups in total. The van der Waals surface area contributed by atoms with Crippen LogP contribution in [0.2, 0.25) is 0 Å². The molecule has 0 aliphatic rings. The maximum atomic E-state index is 12.6. The minimum atomic E-state index is -3.59. The molecule has 0 atom stereocenters. The van der Waals surface area contributed by atoms with Crippen molar-refractivity contribution in [3.8, 4) is 0 Å². The van der Waals surface area contributed by atoms with Gasteiger partial charge in [0, 0.05) is 19.3 Å². The maximum Gasteiger partial charge on any atom is 0.246 e. The number of hydrogen-bond acceptors (Lipinski definition) is 4. The average molecular weight is 294 g/mol. The van der Waals surface area contributed by atoms with Crippen molar-refractivity contribution < 1.29 is 8.42 Å². The molecule has 0 amide bonds. The Hall–Kier alpha value is -1.86. The van der Waals surface area contributed by atoms with Gasteiger partial charge in [-0.3, -0.25) is 5.10 Å². The maximum absolute atomic E-state index is 12.6. The molecule has 108 valence electrons. The summed E-state index contributed by atoms with van der Waals surface area (Å²) in [6.45, 7) is 3.58. The normalized spacial score (nSPS) is 12.0. The Balaban J connectivity index is 2.34. The van der Waals surface area contributed by atoms with E-state index in [2.05, 4.69) is 10.2 Å². The van der Waals surface area contributed by atoms with Crippen LogP contribution in [0.1, 0.15) is 17.0 Å². The molecule has 2 aromatic rings. The first-order valence-electron chi connectivity index (χ1n) is 6.15. The van der Waals surface area contributed by atoms with E-state index in [1.165, 1.54) is 11.4 Å². The number of aryl methyl sites for hydroxylation is 2. The van der Waals surface area contributed by atoms with Crippen LogP contribution in [0.3, 0.4) is 0 Å². The first-order chi connectivity index (χ1) is 9.34. The smallest absolute Gasteiger partial charge is 0.246 e. The van der Waals surface area contributed by atoms with Crippen LogP contribution in [-0.2, 0) is 16.6 Å². The summed E-state index contributed by atoms with van der Waals surface area (Å²) < 4.78 is 26.4. The van der Waals surface area contributed by atoms with Crippen LogP contribution >= 0.6 is 0 Å². The van der Waals surface area contributed by atoms with Gasteiger partial charge >= 0.3 is 0 Å². The van der Waals surface area contributed by atoms with E-state index in [0.29, 0.717) is 17.1 Å².